The van der Waals surface area contributed by atoms with Gasteiger partial charge in [0.25, 0.3) is 5.91 Å². The molecular formula is C10H13N3O2. The third-order valence-electron chi connectivity index (χ3n) is 2.22. The summed E-state index contributed by atoms with van der Waals surface area (Å²) >= 11 is 0. The van der Waals surface area contributed by atoms with Gasteiger partial charge >= 0.3 is 0 Å². The highest BCUT2D eigenvalue weighted by Crippen LogP contribution is 2.28. The number of nitrogens with two attached hydrogens (primary N) is 2. The molecule has 1 fully saturated rings. The second kappa shape index (κ2) is 3.86. The third-order valence-corrected chi connectivity index (χ3v) is 2.22. The van der Waals surface area contributed by atoms with E-state index in [9.17, 15) is 4.79 Å². The number of hydrogen-bond donors (Lipinski definition) is 2. The minimum atomic E-state index is -0.511. The first-order valence-electron chi connectivity index (χ1n) is 4.86. The highest BCUT2D eigenvalue weighted by atomic mass is 16.5. The molecule has 1 aliphatic carbocycles. The average Bonchev–Trinajstić information content (AvgIpc) is 3.02. The molecule has 0 aromatic carbocycles. The molecule has 2 rings (SSSR count). The summed E-state index contributed by atoms with van der Waals surface area (Å²) in [7, 11) is 0. The molecule has 0 atom stereocenters. The molecule has 0 aliphatic heterocycles. The molecule has 0 spiro atoms. The zero-order chi connectivity index (χ0) is 10.8. The number of aromatic nitrogens is 1. The van der Waals surface area contributed by atoms with Crippen molar-refractivity contribution in [3.8, 4) is 5.75 Å². The molecule has 5 heteroatoms. The number of primary amides is 1. The van der Waals surface area contributed by atoms with E-state index < -0.39 is 5.91 Å². The lowest BCUT2D eigenvalue weighted by atomic mass is 10.2. The highest BCUT2D eigenvalue weighted by Gasteiger charge is 2.25. The summed E-state index contributed by atoms with van der Waals surface area (Å²) in [4.78, 5) is 15.2. The molecule has 0 unspecified atom stereocenters. The van der Waals surface area contributed by atoms with E-state index in [2.05, 4.69) is 4.98 Å². The van der Waals surface area contributed by atoms with Crippen molar-refractivity contribution in [3.63, 3.8) is 0 Å². The van der Waals surface area contributed by atoms with Gasteiger partial charge in [-0.1, -0.05) is 0 Å². The molecule has 1 aliphatic rings. The molecule has 1 saturated carbocycles. The van der Waals surface area contributed by atoms with E-state index in [1.54, 1.807) is 6.07 Å². The van der Waals surface area contributed by atoms with Crippen LogP contribution in [0, 0.1) is 0 Å². The lowest BCUT2D eigenvalue weighted by Gasteiger charge is -2.08. The number of pyridine rings is 1. The van der Waals surface area contributed by atoms with Crippen molar-refractivity contribution in [1.29, 1.82) is 0 Å². The van der Waals surface area contributed by atoms with Crippen molar-refractivity contribution >= 4 is 5.91 Å². The molecule has 1 aromatic rings. The molecule has 1 heterocycles. The Labute approximate surface area is 87.4 Å². The van der Waals surface area contributed by atoms with Crippen LogP contribution in [0.4, 0.5) is 0 Å². The Balaban J connectivity index is 2.29. The van der Waals surface area contributed by atoms with Crippen molar-refractivity contribution in [2.75, 3.05) is 0 Å². The molecule has 5 nitrogen and oxygen atoms in total. The van der Waals surface area contributed by atoms with Crippen LogP contribution >= 0.6 is 0 Å². The Morgan fingerprint density at radius 1 is 1.60 bits per heavy atom. The number of nitrogens with zero attached hydrogens (tertiary/aromatic N) is 1. The van der Waals surface area contributed by atoms with Crippen LogP contribution < -0.4 is 16.2 Å². The first-order chi connectivity index (χ1) is 7.20. The summed E-state index contributed by atoms with van der Waals surface area (Å²) in [5.41, 5.74) is 11.7. The van der Waals surface area contributed by atoms with Gasteiger partial charge in [0.15, 0.2) is 5.75 Å². The lowest BCUT2D eigenvalue weighted by molar-refractivity contribution is 0.0995. The van der Waals surface area contributed by atoms with Crippen molar-refractivity contribution in [1.82, 2.24) is 4.98 Å². The minimum Gasteiger partial charge on any atom is -0.488 e. The van der Waals surface area contributed by atoms with Gasteiger partial charge < -0.3 is 16.2 Å². The number of amides is 1. The Morgan fingerprint density at radius 3 is 2.87 bits per heavy atom. The molecular weight excluding hydrogens is 194 g/mol. The maximum absolute atomic E-state index is 11.2. The van der Waals surface area contributed by atoms with Crippen LogP contribution in [0.25, 0.3) is 0 Å². The van der Waals surface area contributed by atoms with Crippen molar-refractivity contribution < 1.29 is 9.53 Å². The fourth-order valence-corrected chi connectivity index (χ4v) is 1.25. The molecule has 1 amide bonds. The smallest absolute Gasteiger partial charge is 0.252 e. The zero-order valence-corrected chi connectivity index (χ0v) is 8.27. The van der Waals surface area contributed by atoms with Gasteiger partial charge in [0.1, 0.15) is 0 Å². The van der Waals surface area contributed by atoms with Crippen LogP contribution in [0.5, 0.6) is 5.75 Å². The van der Waals surface area contributed by atoms with Crippen molar-refractivity contribution in [2.45, 2.75) is 25.5 Å². The summed E-state index contributed by atoms with van der Waals surface area (Å²) in [6.45, 7) is 0.282. The van der Waals surface area contributed by atoms with Crippen LogP contribution in [0.1, 0.15) is 28.9 Å². The average molecular weight is 207 g/mol. The van der Waals surface area contributed by atoms with Crippen LogP contribution in [0.15, 0.2) is 12.3 Å². The molecule has 80 valence electrons. The van der Waals surface area contributed by atoms with E-state index >= 15 is 0 Å². The van der Waals surface area contributed by atoms with E-state index in [1.807, 2.05) is 0 Å². The monoisotopic (exact) mass is 207 g/mol. The van der Waals surface area contributed by atoms with Crippen molar-refractivity contribution in [2.24, 2.45) is 11.5 Å². The molecule has 1 aromatic heterocycles. The third kappa shape index (κ3) is 2.24. The minimum absolute atomic E-state index is 0.216. The second-order valence-corrected chi connectivity index (χ2v) is 3.56. The summed E-state index contributed by atoms with van der Waals surface area (Å²) in [6.07, 6.45) is 3.78. The van der Waals surface area contributed by atoms with E-state index in [0.29, 0.717) is 17.0 Å². The maximum Gasteiger partial charge on any atom is 0.252 e. The Morgan fingerprint density at radius 2 is 2.33 bits per heavy atom. The van der Waals surface area contributed by atoms with Gasteiger partial charge in [0, 0.05) is 6.54 Å². The van der Waals surface area contributed by atoms with Gasteiger partial charge in [-0.3, -0.25) is 9.78 Å². The topological polar surface area (TPSA) is 91.2 Å². The second-order valence-electron chi connectivity index (χ2n) is 3.56. The van der Waals surface area contributed by atoms with Crippen LogP contribution in [0.3, 0.4) is 0 Å². The van der Waals surface area contributed by atoms with Gasteiger partial charge in [0.05, 0.1) is 23.6 Å². The lowest BCUT2D eigenvalue weighted by Crippen LogP contribution is -2.15. The number of carbonyl (C=O) groups excluding carboxylic acids is 1. The Hall–Kier alpha value is -1.62. The van der Waals surface area contributed by atoms with E-state index in [-0.39, 0.29) is 12.6 Å². The van der Waals surface area contributed by atoms with Gasteiger partial charge in [-0.05, 0) is 18.9 Å². The van der Waals surface area contributed by atoms with E-state index in [4.69, 9.17) is 16.2 Å². The van der Waals surface area contributed by atoms with Crippen LogP contribution in [-0.2, 0) is 6.54 Å². The predicted molar refractivity (Wildman–Crippen MR) is 54.3 cm³/mol. The maximum atomic E-state index is 11.2. The summed E-state index contributed by atoms with van der Waals surface area (Å²) in [5, 5.41) is 0. The molecule has 4 N–H and O–H groups in total. The Bertz CT molecular complexity index is 388. The standard InChI is InChI=1S/C10H13N3O2/c11-4-6-3-8(10(12)14)9(5-13-6)15-7-1-2-7/h3,5,7H,1-2,4,11H2,(H2,12,14). The summed E-state index contributed by atoms with van der Waals surface area (Å²) in [6, 6.07) is 1.58. The van der Waals surface area contributed by atoms with Gasteiger partial charge in [-0.2, -0.15) is 0 Å². The summed E-state index contributed by atoms with van der Waals surface area (Å²) < 4.78 is 5.51. The van der Waals surface area contributed by atoms with E-state index in [0.717, 1.165) is 12.8 Å². The first kappa shape index (κ1) is 9.92. The van der Waals surface area contributed by atoms with Gasteiger partial charge in [0.2, 0.25) is 0 Å². The van der Waals surface area contributed by atoms with Crippen LogP contribution in [-0.4, -0.2) is 17.0 Å². The SMILES string of the molecule is NCc1cc(C(N)=O)c(OC2CC2)cn1. The summed E-state index contributed by atoms with van der Waals surface area (Å²) in [5.74, 6) is -0.0510. The highest BCUT2D eigenvalue weighted by molar-refractivity contribution is 5.95. The fourth-order valence-electron chi connectivity index (χ4n) is 1.25. The van der Waals surface area contributed by atoms with Crippen molar-refractivity contribution in [3.05, 3.63) is 23.5 Å². The number of hydrogen-bond acceptors (Lipinski definition) is 4. The molecule has 15 heavy (non-hydrogen) atoms. The van der Waals surface area contributed by atoms with E-state index in [1.165, 1.54) is 6.20 Å². The first-order valence-corrected chi connectivity index (χ1v) is 4.86. The fraction of sp³-hybridized carbons (Fsp3) is 0.400. The zero-order valence-electron chi connectivity index (χ0n) is 8.27. The number of carbonyl (C=O) groups is 1. The quantitative estimate of drug-likeness (QED) is 0.736. The van der Waals surface area contributed by atoms with Gasteiger partial charge in [-0.25, -0.2) is 0 Å². The predicted octanol–water partition coefficient (Wildman–Crippen LogP) is 0.180. The van der Waals surface area contributed by atoms with Gasteiger partial charge in [-0.15, -0.1) is 0 Å². The largest absolute Gasteiger partial charge is 0.488 e. The normalized spacial score (nSPS) is 15.0. The number of rotatable bonds is 4. The van der Waals surface area contributed by atoms with Crippen LogP contribution in [0.2, 0.25) is 0 Å². The molecule has 0 saturated heterocycles. The number of ether oxygens (including phenoxy) is 1. The Kier molecular flexibility index (Phi) is 2.55. The molecule has 0 radical (unpaired) electrons. The molecule has 0 bridgehead atoms.